The smallest absolute Gasteiger partial charge is 0.144 e. The third-order valence-electron chi connectivity index (χ3n) is 4.61. The molecule has 1 N–H and O–H groups in total. The summed E-state index contributed by atoms with van der Waals surface area (Å²) in [5.41, 5.74) is 3.49. The molecule has 144 valence electrons. The second-order valence-corrected chi connectivity index (χ2v) is 7.08. The predicted octanol–water partition coefficient (Wildman–Crippen LogP) is 4.50. The molecule has 0 amide bonds. The van der Waals surface area contributed by atoms with E-state index >= 15 is 0 Å². The van der Waals surface area contributed by atoms with Gasteiger partial charge in [-0.05, 0) is 68.8 Å². The molecular formula is C22H34N2O2. The zero-order valence-electron chi connectivity index (χ0n) is 16.4. The zero-order chi connectivity index (χ0) is 18.6. The first-order valence-corrected chi connectivity index (χ1v) is 10.1. The monoisotopic (exact) mass is 358 g/mol. The van der Waals surface area contributed by atoms with Crippen LogP contribution < -0.4 is 0 Å². The molecule has 0 aromatic heterocycles. The lowest BCUT2D eigenvalue weighted by Gasteiger charge is -2.23. The summed E-state index contributed by atoms with van der Waals surface area (Å²) < 4.78 is 0. The maximum absolute atomic E-state index is 10.3. The molecular weight excluding hydrogens is 324 g/mol. The van der Waals surface area contributed by atoms with E-state index in [1.54, 1.807) is 0 Å². The fraction of sp³-hybridized carbons (Fsp3) is 0.591. The second kappa shape index (κ2) is 11.9. The van der Waals surface area contributed by atoms with E-state index in [2.05, 4.69) is 54.2 Å². The van der Waals surface area contributed by atoms with Crippen LogP contribution in [0.4, 0.5) is 0 Å². The number of hydrogen-bond acceptors (Lipinski definition) is 4. The van der Waals surface area contributed by atoms with Crippen molar-refractivity contribution in [3.8, 4) is 0 Å². The molecule has 1 saturated carbocycles. The lowest BCUT2D eigenvalue weighted by Crippen LogP contribution is -2.35. The first-order valence-electron chi connectivity index (χ1n) is 10.1. The quantitative estimate of drug-likeness (QED) is 0.626. The number of oxime groups is 1. The van der Waals surface area contributed by atoms with Gasteiger partial charge in [-0.15, -0.1) is 0 Å². The van der Waals surface area contributed by atoms with Gasteiger partial charge in [-0.25, -0.2) is 0 Å². The van der Waals surface area contributed by atoms with E-state index in [0.29, 0.717) is 6.54 Å². The third-order valence-corrected chi connectivity index (χ3v) is 4.61. The normalized spacial score (nSPS) is 19.2. The molecule has 0 unspecified atom stereocenters. The average Bonchev–Trinajstić information content (AvgIpc) is 2.64. The molecule has 0 bridgehead atoms. The van der Waals surface area contributed by atoms with Gasteiger partial charge in [-0.3, -0.25) is 0 Å². The fourth-order valence-corrected chi connectivity index (χ4v) is 3.40. The van der Waals surface area contributed by atoms with Gasteiger partial charge in [0.25, 0.3) is 0 Å². The maximum atomic E-state index is 10.3. The van der Waals surface area contributed by atoms with Crippen LogP contribution in [0.5, 0.6) is 0 Å². The molecule has 0 heterocycles. The van der Waals surface area contributed by atoms with Crippen molar-refractivity contribution >= 4 is 11.8 Å². The molecule has 2 rings (SSSR count). The molecule has 0 spiro atoms. The summed E-state index contributed by atoms with van der Waals surface area (Å²) in [6, 6.07) is 10.4. The highest BCUT2D eigenvalue weighted by Gasteiger charge is 2.15. The van der Waals surface area contributed by atoms with Crippen LogP contribution in [0.2, 0.25) is 0 Å². The first-order chi connectivity index (χ1) is 12.7. The Morgan fingerprint density at radius 2 is 1.81 bits per heavy atom. The molecule has 4 nitrogen and oxygen atoms in total. The highest BCUT2D eigenvalue weighted by molar-refractivity contribution is 6.03. The van der Waals surface area contributed by atoms with Crippen LogP contribution in [0.15, 0.2) is 41.1 Å². The minimum absolute atomic E-state index is 0.256. The number of nitrogens with zero attached hydrogens (tertiary/aromatic N) is 2. The topological polar surface area (TPSA) is 45.1 Å². The summed E-state index contributed by atoms with van der Waals surface area (Å²) in [6.07, 6.45) is 8.26. The van der Waals surface area contributed by atoms with Gasteiger partial charge >= 0.3 is 0 Å². The summed E-state index contributed by atoms with van der Waals surface area (Å²) in [5, 5.41) is 14.6. The van der Waals surface area contributed by atoms with Crippen LogP contribution in [0.25, 0.3) is 6.08 Å². The summed E-state index contributed by atoms with van der Waals surface area (Å²) in [4.78, 5) is 7.82. The van der Waals surface area contributed by atoms with E-state index < -0.39 is 6.10 Å². The van der Waals surface area contributed by atoms with E-state index in [4.69, 9.17) is 4.84 Å². The van der Waals surface area contributed by atoms with Crippen molar-refractivity contribution in [2.75, 3.05) is 26.2 Å². The number of hydrogen-bond donors (Lipinski definition) is 1. The zero-order valence-corrected chi connectivity index (χ0v) is 16.4. The SMILES string of the molecule is CCCN(CCC)C[C@H](O)CO/N=C1\CCCC\C1=C/c1ccccc1. The highest BCUT2D eigenvalue weighted by Crippen LogP contribution is 2.23. The van der Waals surface area contributed by atoms with Crippen molar-refractivity contribution in [1.82, 2.24) is 4.90 Å². The van der Waals surface area contributed by atoms with E-state index in [9.17, 15) is 5.11 Å². The standard InChI is InChI=1S/C22H34N2O2/c1-3-14-24(15-4-2)17-21(25)18-26-23-22-13-9-8-12-20(22)16-19-10-6-5-7-11-19/h5-7,10-11,16,21,25H,3-4,8-9,12-15,17-18H2,1-2H3/b20-16+,23-22+/t21-/m0/s1. The molecule has 1 atom stereocenters. The Morgan fingerprint density at radius 1 is 1.12 bits per heavy atom. The minimum atomic E-state index is -0.498. The molecule has 0 saturated heterocycles. The number of aliphatic hydroxyl groups excluding tert-OH is 1. The Balaban J connectivity index is 1.89. The number of allylic oxidation sites excluding steroid dienone is 1. The maximum Gasteiger partial charge on any atom is 0.144 e. The highest BCUT2D eigenvalue weighted by atomic mass is 16.6. The van der Waals surface area contributed by atoms with Crippen LogP contribution in [0, 0.1) is 0 Å². The van der Waals surface area contributed by atoms with Crippen molar-refractivity contribution in [2.24, 2.45) is 5.16 Å². The van der Waals surface area contributed by atoms with E-state index in [-0.39, 0.29) is 6.61 Å². The average molecular weight is 359 g/mol. The van der Waals surface area contributed by atoms with Gasteiger partial charge in [-0.2, -0.15) is 0 Å². The lowest BCUT2D eigenvalue weighted by atomic mass is 9.91. The molecule has 1 aliphatic rings. The molecule has 1 fully saturated rings. The van der Waals surface area contributed by atoms with E-state index in [1.165, 1.54) is 17.6 Å². The molecule has 1 aromatic rings. The van der Waals surface area contributed by atoms with Crippen LogP contribution in [-0.2, 0) is 4.84 Å². The molecule has 0 radical (unpaired) electrons. The van der Waals surface area contributed by atoms with Crippen LogP contribution in [0.3, 0.4) is 0 Å². The van der Waals surface area contributed by atoms with Gasteiger partial charge in [0.05, 0.1) is 5.71 Å². The third kappa shape index (κ3) is 7.30. The largest absolute Gasteiger partial charge is 0.393 e. The van der Waals surface area contributed by atoms with Gasteiger partial charge in [-0.1, -0.05) is 49.3 Å². The number of benzene rings is 1. The van der Waals surface area contributed by atoms with Gasteiger partial charge in [0.2, 0.25) is 0 Å². The van der Waals surface area contributed by atoms with Gasteiger partial charge in [0.1, 0.15) is 12.7 Å². The van der Waals surface area contributed by atoms with Gasteiger partial charge in [0, 0.05) is 6.54 Å². The summed E-state index contributed by atoms with van der Waals surface area (Å²) in [7, 11) is 0. The first kappa shape index (κ1) is 20.7. The number of aliphatic hydroxyl groups is 1. The van der Waals surface area contributed by atoms with E-state index in [1.807, 2.05) is 6.07 Å². The van der Waals surface area contributed by atoms with Crippen molar-refractivity contribution in [3.05, 3.63) is 41.5 Å². The van der Waals surface area contributed by atoms with Crippen molar-refractivity contribution in [3.63, 3.8) is 0 Å². The predicted molar refractivity (Wildman–Crippen MR) is 109 cm³/mol. The van der Waals surface area contributed by atoms with Gasteiger partial charge in [0.15, 0.2) is 0 Å². The fourth-order valence-electron chi connectivity index (χ4n) is 3.40. The minimum Gasteiger partial charge on any atom is -0.393 e. The van der Waals surface area contributed by atoms with Crippen LogP contribution in [-0.4, -0.2) is 48.1 Å². The van der Waals surface area contributed by atoms with Crippen molar-refractivity contribution < 1.29 is 9.94 Å². The number of rotatable bonds is 10. The van der Waals surface area contributed by atoms with Crippen LogP contribution >= 0.6 is 0 Å². The van der Waals surface area contributed by atoms with E-state index in [0.717, 1.165) is 50.9 Å². The van der Waals surface area contributed by atoms with Crippen molar-refractivity contribution in [2.45, 2.75) is 58.5 Å². The Morgan fingerprint density at radius 3 is 2.50 bits per heavy atom. The lowest BCUT2D eigenvalue weighted by molar-refractivity contribution is 0.0188. The van der Waals surface area contributed by atoms with Crippen LogP contribution in [0.1, 0.15) is 57.9 Å². The molecule has 4 heteroatoms. The molecule has 1 aromatic carbocycles. The van der Waals surface area contributed by atoms with Crippen molar-refractivity contribution in [1.29, 1.82) is 0 Å². The summed E-state index contributed by atoms with van der Waals surface area (Å²) >= 11 is 0. The molecule has 1 aliphatic carbocycles. The molecule has 0 aliphatic heterocycles. The second-order valence-electron chi connectivity index (χ2n) is 7.08. The summed E-state index contributed by atoms with van der Waals surface area (Å²) in [5.74, 6) is 0. The Bertz CT molecular complexity index is 563. The Labute approximate surface area is 158 Å². The Kier molecular flexibility index (Phi) is 9.43. The van der Waals surface area contributed by atoms with Gasteiger partial charge < -0.3 is 14.8 Å². The Hall–Kier alpha value is -1.65. The summed E-state index contributed by atoms with van der Waals surface area (Å²) in [6.45, 7) is 7.28. The molecule has 26 heavy (non-hydrogen) atoms.